The molecule has 2 atom stereocenters. The van der Waals surface area contributed by atoms with Crippen molar-refractivity contribution in [2.24, 2.45) is 11.5 Å². The predicted octanol–water partition coefficient (Wildman–Crippen LogP) is 1.13. The van der Waals surface area contributed by atoms with Crippen molar-refractivity contribution in [1.82, 2.24) is 0 Å². The molecule has 0 saturated carbocycles. The average Bonchev–Trinajstić information content (AvgIpc) is 2.37. The van der Waals surface area contributed by atoms with E-state index in [0.717, 1.165) is 19.3 Å². The predicted molar refractivity (Wildman–Crippen MR) is 71.0 cm³/mol. The number of carbonyl (C=O) groups is 2. The van der Waals surface area contributed by atoms with Gasteiger partial charge in [-0.25, -0.2) is 0 Å². The second-order valence-corrected chi connectivity index (χ2v) is 4.59. The second-order valence-electron chi connectivity index (χ2n) is 4.59. The molecule has 0 bridgehead atoms. The second kappa shape index (κ2) is 10.0. The largest absolute Gasteiger partial charge is 0.468 e. The van der Waals surface area contributed by atoms with Crippen LogP contribution >= 0.6 is 0 Å². The van der Waals surface area contributed by atoms with Crippen LogP contribution in [0.4, 0.5) is 0 Å². The molecule has 0 amide bonds. The molecular weight excluding hydrogens is 232 g/mol. The van der Waals surface area contributed by atoms with Crippen LogP contribution in [0, 0.1) is 0 Å². The van der Waals surface area contributed by atoms with Crippen LogP contribution in [0.25, 0.3) is 0 Å². The maximum absolute atomic E-state index is 11.6. The fraction of sp³-hybridized carbons (Fsp3) is 0.846. The van der Waals surface area contributed by atoms with Crippen LogP contribution < -0.4 is 11.5 Å². The molecule has 0 fully saturated rings. The first kappa shape index (κ1) is 17.1. The molecular formula is C13H26N2O3. The molecule has 4 N–H and O–H groups in total. The van der Waals surface area contributed by atoms with Crippen molar-refractivity contribution in [3.63, 3.8) is 0 Å². The van der Waals surface area contributed by atoms with Gasteiger partial charge in [-0.05, 0) is 25.7 Å². The summed E-state index contributed by atoms with van der Waals surface area (Å²) < 4.78 is 4.52. The molecule has 106 valence electrons. The number of rotatable bonds is 10. The zero-order valence-electron chi connectivity index (χ0n) is 11.5. The highest BCUT2D eigenvalue weighted by molar-refractivity contribution is 5.83. The van der Waals surface area contributed by atoms with Gasteiger partial charge in [0.05, 0.1) is 13.2 Å². The van der Waals surface area contributed by atoms with E-state index >= 15 is 0 Å². The molecule has 5 heteroatoms. The van der Waals surface area contributed by atoms with Crippen molar-refractivity contribution in [2.75, 3.05) is 7.11 Å². The Morgan fingerprint density at radius 2 is 1.67 bits per heavy atom. The summed E-state index contributed by atoms with van der Waals surface area (Å²) in [6.45, 7) is 2.10. The number of unbranched alkanes of at least 4 members (excludes halogenated alkanes) is 2. The highest BCUT2D eigenvalue weighted by Crippen LogP contribution is 2.07. The summed E-state index contributed by atoms with van der Waals surface area (Å²) in [6, 6.07) is -1.04. The fourth-order valence-electron chi connectivity index (χ4n) is 1.72. The molecule has 1 unspecified atom stereocenters. The van der Waals surface area contributed by atoms with Crippen molar-refractivity contribution in [2.45, 2.75) is 64.0 Å². The summed E-state index contributed by atoms with van der Waals surface area (Å²) in [5.41, 5.74) is 11.4. The van der Waals surface area contributed by atoms with Crippen LogP contribution in [0.2, 0.25) is 0 Å². The zero-order chi connectivity index (χ0) is 14.0. The van der Waals surface area contributed by atoms with E-state index in [9.17, 15) is 9.59 Å². The van der Waals surface area contributed by atoms with Crippen molar-refractivity contribution in [3.8, 4) is 0 Å². The molecule has 0 aromatic heterocycles. The Balaban J connectivity index is 3.72. The van der Waals surface area contributed by atoms with Gasteiger partial charge >= 0.3 is 5.97 Å². The number of Topliss-reactive ketones (excluding diaryl/α,β-unsaturated/α-hetero) is 1. The third-order valence-electron chi connectivity index (χ3n) is 2.97. The fourth-order valence-corrected chi connectivity index (χ4v) is 1.72. The van der Waals surface area contributed by atoms with E-state index < -0.39 is 18.1 Å². The number of esters is 1. The van der Waals surface area contributed by atoms with Crippen LogP contribution in [0.1, 0.15) is 51.9 Å². The Morgan fingerprint density at radius 1 is 1.06 bits per heavy atom. The molecule has 0 saturated heterocycles. The monoisotopic (exact) mass is 258 g/mol. The molecule has 0 heterocycles. The van der Waals surface area contributed by atoms with Crippen molar-refractivity contribution in [1.29, 1.82) is 0 Å². The Labute approximate surface area is 109 Å². The topological polar surface area (TPSA) is 95.4 Å². The van der Waals surface area contributed by atoms with Gasteiger partial charge in [0.15, 0.2) is 0 Å². The lowest BCUT2D eigenvalue weighted by molar-refractivity contribution is -0.142. The maximum Gasteiger partial charge on any atom is 0.322 e. The minimum Gasteiger partial charge on any atom is -0.468 e. The van der Waals surface area contributed by atoms with Gasteiger partial charge in [0, 0.05) is 6.42 Å². The van der Waals surface area contributed by atoms with E-state index in [1.807, 2.05) is 0 Å². The molecule has 0 aliphatic heterocycles. The van der Waals surface area contributed by atoms with Crippen LogP contribution in [0.15, 0.2) is 0 Å². The Bertz CT molecular complexity index is 257. The molecule has 0 aliphatic carbocycles. The van der Waals surface area contributed by atoms with E-state index in [4.69, 9.17) is 11.5 Å². The van der Waals surface area contributed by atoms with E-state index in [0.29, 0.717) is 25.7 Å². The van der Waals surface area contributed by atoms with Gasteiger partial charge in [-0.3, -0.25) is 9.59 Å². The first-order valence-corrected chi connectivity index (χ1v) is 6.64. The molecule has 5 nitrogen and oxygen atoms in total. The number of ether oxygens (including phenoxy) is 1. The molecule has 0 aromatic rings. The first-order valence-electron chi connectivity index (χ1n) is 6.64. The lowest BCUT2D eigenvalue weighted by Gasteiger charge is -2.12. The van der Waals surface area contributed by atoms with Gasteiger partial charge in [0.1, 0.15) is 11.8 Å². The lowest BCUT2D eigenvalue weighted by atomic mass is 10.00. The van der Waals surface area contributed by atoms with Crippen LogP contribution in [0.5, 0.6) is 0 Å². The SMILES string of the molecule is CCCCCC(=O)C(N)CCC[C@H](N)C(=O)OC. The molecule has 0 rings (SSSR count). The number of hydrogen-bond acceptors (Lipinski definition) is 5. The van der Waals surface area contributed by atoms with Crippen LogP contribution in [0.3, 0.4) is 0 Å². The summed E-state index contributed by atoms with van der Waals surface area (Å²) >= 11 is 0. The van der Waals surface area contributed by atoms with Gasteiger partial charge in [-0.2, -0.15) is 0 Å². The summed E-state index contributed by atoms with van der Waals surface area (Å²) in [5.74, 6) is -0.312. The van der Waals surface area contributed by atoms with Crippen molar-refractivity contribution >= 4 is 11.8 Å². The van der Waals surface area contributed by atoms with E-state index in [1.54, 1.807) is 0 Å². The molecule has 0 aliphatic rings. The van der Waals surface area contributed by atoms with E-state index in [2.05, 4.69) is 11.7 Å². The summed E-state index contributed by atoms with van der Waals surface area (Å²) in [7, 11) is 1.31. The summed E-state index contributed by atoms with van der Waals surface area (Å²) in [5, 5.41) is 0. The van der Waals surface area contributed by atoms with Gasteiger partial charge in [0.2, 0.25) is 0 Å². The minimum absolute atomic E-state index is 0.107. The van der Waals surface area contributed by atoms with Crippen molar-refractivity contribution in [3.05, 3.63) is 0 Å². The van der Waals surface area contributed by atoms with Gasteiger partial charge in [-0.1, -0.05) is 19.8 Å². The normalized spacial score (nSPS) is 14.0. The number of carbonyl (C=O) groups excluding carboxylic acids is 2. The Kier molecular flexibility index (Phi) is 9.50. The number of methoxy groups -OCH3 is 1. The van der Waals surface area contributed by atoms with Crippen molar-refractivity contribution < 1.29 is 14.3 Å². The summed E-state index contributed by atoms with van der Waals surface area (Å²) in [6.07, 6.45) is 5.36. The standard InChI is InChI=1S/C13H26N2O3/c1-3-4-5-9-12(16)10(14)7-6-8-11(15)13(17)18-2/h10-11H,3-9,14-15H2,1-2H3/t10?,11-/m0/s1. The average molecular weight is 258 g/mol. The van der Waals surface area contributed by atoms with E-state index in [-0.39, 0.29) is 5.78 Å². The molecule has 0 radical (unpaired) electrons. The minimum atomic E-state index is -0.614. The Morgan fingerprint density at radius 3 is 2.22 bits per heavy atom. The maximum atomic E-state index is 11.6. The quantitative estimate of drug-likeness (QED) is 0.452. The first-order chi connectivity index (χ1) is 8.52. The summed E-state index contributed by atoms with van der Waals surface area (Å²) in [4.78, 5) is 22.7. The van der Waals surface area contributed by atoms with Crippen LogP contribution in [-0.4, -0.2) is 30.9 Å². The molecule has 0 spiro atoms. The zero-order valence-corrected chi connectivity index (χ0v) is 11.5. The smallest absolute Gasteiger partial charge is 0.322 e. The van der Waals surface area contributed by atoms with Crippen LogP contribution in [-0.2, 0) is 14.3 Å². The Hall–Kier alpha value is -0.940. The van der Waals surface area contributed by atoms with E-state index in [1.165, 1.54) is 7.11 Å². The van der Waals surface area contributed by atoms with Gasteiger partial charge < -0.3 is 16.2 Å². The molecule has 18 heavy (non-hydrogen) atoms. The third kappa shape index (κ3) is 7.40. The highest BCUT2D eigenvalue weighted by Gasteiger charge is 2.16. The number of hydrogen-bond donors (Lipinski definition) is 2. The van der Waals surface area contributed by atoms with Gasteiger partial charge in [-0.15, -0.1) is 0 Å². The highest BCUT2D eigenvalue weighted by atomic mass is 16.5. The number of nitrogens with two attached hydrogens (primary N) is 2. The number of ketones is 1. The van der Waals surface area contributed by atoms with Gasteiger partial charge in [0.25, 0.3) is 0 Å². The molecule has 0 aromatic carbocycles. The lowest BCUT2D eigenvalue weighted by Crippen LogP contribution is -2.33. The third-order valence-corrected chi connectivity index (χ3v) is 2.97.